The van der Waals surface area contributed by atoms with Gasteiger partial charge in [-0.1, -0.05) is 0 Å². The van der Waals surface area contributed by atoms with Crippen LogP contribution in [0, 0.1) is 6.92 Å². The average Bonchev–Trinajstić information content (AvgIpc) is 2.32. The van der Waals surface area contributed by atoms with Crippen LogP contribution in [0.1, 0.15) is 22.3 Å². The van der Waals surface area contributed by atoms with Crippen molar-refractivity contribution in [3.05, 3.63) is 23.3 Å². The summed E-state index contributed by atoms with van der Waals surface area (Å²) in [6.45, 7) is 3.30. The third-order valence-corrected chi connectivity index (χ3v) is 2.88. The third kappa shape index (κ3) is 3.37. The Labute approximate surface area is 107 Å². The zero-order valence-corrected chi connectivity index (χ0v) is 11.1. The molecule has 0 fully saturated rings. The molecular weight excluding hydrogens is 232 g/mol. The molecule has 0 aliphatic carbocycles. The molecule has 5 nitrogen and oxygen atoms in total. The van der Waals surface area contributed by atoms with E-state index in [1.54, 1.807) is 13.2 Å². The minimum atomic E-state index is -0.997. The summed E-state index contributed by atoms with van der Waals surface area (Å²) in [5.41, 5.74) is 7.88. The van der Waals surface area contributed by atoms with Gasteiger partial charge in [-0.3, -0.25) is 0 Å². The lowest BCUT2D eigenvalue weighted by atomic mass is 10.1. The average molecular weight is 252 g/mol. The number of hydrogen-bond acceptors (Lipinski definition) is 4. The number of nitrogens with zero attached hydrogens (tertiary/aromatic N) is 1. The Morgan fingerprint density at radius 3 is 2.72 bits per heavy atom. The first-order valence-electron chi connectivity index (χ1n) is 5.81. The molecule has 1 aromatic carbocycles. The molecule has 0 aromatic heterocycles. The van der Waals surface area contributed by atoms with E-state index < -0.39 is 5.97 Å². The summed E-state index contributed by atoms with van der Waals surface area (Å²) in [5, 5.41) is 9.09. The Bertz CT molecular complexity index is 432. The zero-order valence-electron chi connectivity index (χ0n) is 11.1. The lowest BCUT2D eigenvalue weighted by Gasteiger charge is -2.21. The van der Waals surface area contributed by atoms with Crippen LogP contribution in [0.2, 0.25) is 0 Å². The Kier molecular flexibility index (Phi) is 4.97. The van der Waals surface area contributed by atoms with Crippen molar-refractivity contribution >= 4 is 17.3 Å². The largest absolute Gasteiger partial charge is 0.478 e. The fraction of sp³-hybridized carbons (Fsp3) is 0.462. The van der Waals surface area contributed by atoms with Gasteiger partial charge in [-0.2, -0.15) is 0 Å². The second-order valence-electron chi connectivity index (χ2n) is 4.30. The van der Waals surface area contributed by atoms with Gasteiger partial charge in [-0.15, -0.1) is 0 Å². The number of carboxylic acids is 1. The lowest BCUT2D eigenvalue weighted by molar-refractivity contribution is 0.0698. The number of ether oxygens (including phenoxy) is 1. The number of aryl methyl sites for hydroxylation is 1. The highest BCUT2D eigenvalue weighted by atomic mass is 16.5. The third-order valence-electron chi connectivity index (χ3n) is 2.88. The van der Waals surface area contributed by atoms with Crippen molar-refractivity contribution in [1.29, 1.82) is 0 Å². The van der Waals surface area contributed by atoms with Gasteiger partial charge in [0.15, 0.2) is 0 Å². The highest BCUT2D eigenvalue weighted by Crippen LogP contribution is 2.25. The summed E-state index contributed by atoms with van der Waals surface area (Å²) < 4.78 is 4.99. The molecule has 0 radical (unpaired) electrons. The molecule has 100 valence electrons. The van der Waals surface area contributed by atoms with Crippen molar-refractivity contribution in [1.82, 2.24) is 0 Å². The maximum absolute atomic E-state index is 11.1. The number of anilines is 2. The number of carbonyl (C=O) groups is 1. The van der Waals surface area contributed by atoms with Gasteiger partial charge in [0.05, 0.1) is 5.56 Å². The molecule has 0 unspecified atom stereocenters. The van der Waals surface area contributed by atoms with Crippen LogP contribution >= 0.6 is 0 Å². The van der Waals surface area contributed by atoms with E-state index >= 15 is 0 Å². The number of rotatable bonds is 6. The molecular formula is C13H20N2O3. The number of aromatic carboxylic acids is 1. The Morgan fingerprint density at radius 1 is 1.50 bits per heavy atom. The summed E-state index contributed by atoms with van der Waals surface area (Å²) in [5.74, 6) is -0.997. The minimum Gasteiger partial charge on any atom is -0.478 e. The molecule has 0 aliphatic rings. The van der Waals surface area contributed by atoms with E-state index in [-0.39, 0.29) is 5.56 Å². The van der Waals surface area contributed by atoms with Gasteiger partial charge < -0.3 is 20.5 Å². The number of hydrogen-bond donors (Lipinski definition) is 2. The minimum absolute atomic E-state index is 0.156. The van der Waals surface area contributed by atoms with Gasteiger partial charge in [0.25, 0.3) is 0 Å². The van der Waals surface area contributed by atoms with E-state index in [2.05, 4.69) is 0 Å². The first kappa shape index (κ1) is 14.3. The molecule has 0 heterocycles. The van der Waals surface area contributed by atoms with E-state index in [1.165, 1.54) is 0 Å². The van der Waals surface area contributed by atoms with Gasteiger partial charge in [0, 0.05) is 38.7 Å². The van der Waals surface area contributed by atoms with E-state index in [0.29, 0.717) is 12.3 Å². The molecule has 0 atom stereocenters. The normalized spacial score (nSPS) is 10.4. The van der Waals surface area contributed by atoms with Crippen molar-refractivity contribution in [2.45, 2.75) is 13.3 Å². The molecule has 1 rings (SSSR count). The fourth-order valence-electron chi connectivity index (χ4n) is 1.75. The maximum atomic E-state index is 11.1. The van der Waals surface area contributed by atoms with E-state index in [0.717, 1.165) is 24.2 Å². The van der Waals surface area contributed by atoms with Crippen molar-refractivity contribution in [3.8, 4) is 0 Å². The van der Waals surface area contributed by atoms with Gasteiger partial charge in [-0.05, 0) is 31.0 Å². The second-order valence-corrected chi connectivity index (χ2v) is 4.30. The van der Waals surface area contributed by atoms with Gasteiger partial charge in [0.1, 0.15) is 0 Å². The first-order chi connectivity index (χ1) is 8.47. The van der Waals surface area contributed by atoms with Crippen LogP contribution in [0.15, 0.2) is 12.1 Å². The fourth-order valence-corrected chi connectivity index (χ4v) is 1.75. The SMILES string of the molecule is COCCCN(C)c1cc(C)c(N)c(C(=O)O)c1. The van der Waals surface area contributed by atoms with Crippen molar-refractivity contribution < 1.29 is 14.6 Å². The maximum Gasteiger partial charge on any atom is 0.337 e. The van der Waals surface area contributed by atoms with Crippen molar-refractivity contribution in [2.24, 2.45) is 0 Å². The zero-order chi connectivity index (χ0) is 13.7. The number of methoxy groups -OCH3 is 1. The number of nitrogens with two attached hydrogens (primary N) is 1. The molecule has 0 amide bonds. The molecule has 18 heavy (non-hydrogen) atoms. The quantitative estimate of drug-likeness (QED) is 0.596. The van der Waals surface area contributed by atoms with Gasteiger partial charge >= 0.3 is 5.97 Å². The van der Waals surface area contributed by atoms with Crippen molar-refractivity contribution in [3.63, 3.8) is 0 Å². The molecule has 3 N–H and O–H groups in total. The van der Waals surface area contributed by atoms with E-state index in [4.69, 9.17) is 15.6 Å². The Balaban J connectivity index is 2.92. The monoisotopic (exact) mass is 252 g/mol. The number of benzene rings is 1. The van der Waals surface area contributed by atoms with Crippen LogP contribution in [0.4, 0.5) is 11.4 Å². The number of carboxylic acid groups (broad SMARTS) is 1. The Morgan fingerprint density at radius 2 is 2.17 bits per heavy atom. The molecule has 0 spiro atoms. The molecule has 5 heteroatoms. The van der Waals surface area contributed by atoms with Crippen LogP contribution in [-0.2, 0) is 4.74 Å². The predicted octanol–water partition coefficient (Wildman–Crippen LogP) is 1.75. The molecule has 1 aromatic rings. The molecule has 0 aliphatic heterocycles. The standard InChI is InChI=1S/C13H20N2O3/c1-9-7-10(15(2)5-4-6-18-3)8-11(12(9)14)13(16)17/h7-8H,4-6,14H2,1-3H3,(H,16,17). The van der Waals surface area contributed by atoms with Gasteiger partial charge in [0.2, 0.25) is 0 Å². The molecule has 0 saturated carbocycles. The van der Waals surface area contributed by atoms with Crippen LogP contribution in [0.5, 0.6) is 0 Å². The van der Waals surface area contributed by atoms with Gasteiger partial charge in [-0.25, -0.2) is 4.79 Å². The lowest BCUT2D eigenvalue weighted by Crippen LogP contribution is -2.20. The summed E-state index contributed by atoms with van der Waals surface area (Å²) in [4.78, 5) is 13.1. The summed E-state index contributed by atoms with van der Waals surface area (Å²) in [7, 11) is 3.59. The highest BCUT2D eigenvalue weighted by Gasteiger charge is 2.13. The summed E-state index contributed by atoms with van der Waals surface area (Å²) >= 11 is 0. The predicted molar refractivity (Wildman–Crippen MR) is 72.3 cm³/mol. The van der Waals surface area contributed by atoms with E-state index in [9.17, 15) is 4.79 Å². The number of nitrogen functional groups attached to an aromatic ring is 1. The van der Waals surface area contributed by atoms with Crippen LogP contribution in [0.25, 0.3) is 0 Å². The topological polar surface area (TPSA) is 75.8 Å². The van der Waals surface area contributed by atoms with E-state index in [1.807, 2.05) is 24.9 Å². The highest BCUT2D eigenvalue weighted by molar-refractivity contribution is 5.95. The Hall–Kier alpha value is -1.75. The van der Waals surface area contributed by atoms with Crippen LogP contribution in [-0.4, -0.2) is 38.4 Å². The molecule has 0 saturated heterocycles. The summed E-state index contributed by atoms with van der Waals surface area (Å²) in [6.07, 6.45) is 0.888. The van der Waals surface area contributed by atoms with Crippen LogP contribution in [0.3, 0.4) is 0 Å². The summed E-state index contributed by atoms with van der Waals surface area (Å²) in [6, 6.07) is 3.51. The van der Waals surface area contributed by atoms with Crippen molar-refractivity contribution in [2.75, 3.05) is 37.9 Å². The smallest absolute Gasteiger partial charge is 0.337 e. The second kappa shape index (κ2) is 6.26. The molecule has 0 bridgehead atoms. The van der Waals surface area contributed by atoms with Crippen LogP contribution < -0.4 is 10.6 Å². The first-order valence-corrected chi connectivity index (χ1v) is 5.81.